The zero-order valence-electron chi connectivity index (χ0n) is 9.43. The molecular weight excluding hydrogens is 261 g/mol. The monoisotopic (exact) mass is 269 g/mol. The fourth-order valence-electron chi connectivity index (χ4n) is 1.35. The number of carbonyl (C=O) groups excluding carboxylic acids is 1. The number of rotatable bonds is 3. The maximum atomic E-state index is 13.9. The van der Waals surface area contributed by atoms with E-state index in [9.17, 15) is 9.18 Å². The van der Waals surface area contributed by atoms with Crippen LogP contribution in [0.25, 0.3) is 5.82 Å². The van der Waals surface area contributed by atoms with Crippen LogP contribution in [0.2, 0.25) is 5.15 Å². The summed E-state index contributed by atoms with van der Waals surface area (Å²) < 4.78 is 19.5. The predicted octanol–water partition coefficient (Wildman–Crippen LogP) is 2.24. The maximum Gasteiger partial charge on any atom is 0.344 e. The number of esters is 1. The van der Waals surface area contributed by atoms with Crippen LogP contribution in [-0.2, 0) is 4.74 Å². The summed E-state index contributed by atoms with van der Waals surface area (Å²) in [7, 11) is 0. The second-order valence-corrected chi connectivity index (χ2v) is 3.69. The molecule has 0 aliphatic carbocycles. The van der Waals surface area contributed by atoms with Crippen LogP contribution in [0.1, 0.15) is 17.3 Å². The largest absolute Gasteiger partial charge is 0.462 e. The fraction of sp³-hybridized carbons (Fsp3) is 0.182. The number of halogens is 2. The van der Waals surface area contributed by atoms with Gasteiger partial charge < -0.3 is 4.74 Å². The first kappa shape index (κ1) is 12.5. The summed E-state index contributed by atoms with van der Waals surface area (Å²) in [5.41, 5.74) is -0.237. The summed E-state index contributed by atoms with van der Waals surface area (Å²) in [6.45, 7) is 1.80. The molecule has 0 amide bonds. The third-order valence-corrected chi connectivity index (χ3v) is 2.33. The Morgan fingerprint density at radius 1 is 1.56 bits per heavy atom. The van der Waals surface area contributed by atoms with Gasteiger partial charge in [-0.1, -0.05) is 17.7 Å². The zero-order valence-corrected chi connectivity index (χ0v) is 10.2. The van der Waals surface area contributed by atoms with Crippen LogP contribution < -0.4 is 0 Å². The summed E-state index contributed by atoms with van der Waals surface area (Å²) in [5, 5.41) is 3.96. The molecule has 0 saturated carbocycles. The molecule has 0 saturated heterocycles. The Hall–Kier alpha value is -1.95. The maximum absolute atomic E-state index is 13.9. The molecule has 0 unspecified atom stereocenters. The van der Waals surface area contributed by atoms with Crippen molar-refractivity contribution >= 4 is 17.6 Å². The summed E-state index contributed by atoms with van der Waals surface area (Å²) in [6.07, 6.45) is 1.09. The van der Waals surface area contributed by atoms with E-state index >= 15 is 0 Å². The Morgan fingerprint density at radius 2 is 2.33 bits per heavy atom. The Bertz CT molecular complexity index is 585. The number of nitrogens with zero attached hydrogens (tertiary/aromatic N) is 3. The highest BCUT2D eigenvalue weighted by molar-refractivity contribution is 6.29. The minimum absolute atomic E-state index is 0.166. The van der Waals surface area contributed by atoms with E-state index in [4.69, 9.17) is 16.3 Å². The van der Waals surface area contributed by atoms with Crippen molar-refractivity contribution in [2.75, 3.05) is 6.61 Å². The van der Waals surface area contributed by atoms with Gasteiger partial charge in [-0.25, -0.2) is 9.78 Å². The number of ether oxygens (including phenoxy) is 1. The van der Waals surface area contributed by atoms with Gasteiger partial charge in [-0.05, 0) is 19.1 Å². The van der Waals surface area contributed by atoms with Gasteiger partial charge in [-0.3, -0.25) is 0 Å². The van der Waals surface area contributed by atoms with E-state index in [2.05, 4.69) is 10.1 Å². The summed E-state index contributed by atoms with van der Waals surface area (Å²) in [4.78, 5) is 15.3. The van der Waals surface area contributed by atoms with Crippen molar-refractivity contribution in [3.63, 3.8) is 0 Å². The highest BCUT2D eigenvalue weighted by Gasteiger charge is 2.19. The fourth-order valence-corrected chi connectivity index (χ4v) is 1.51. The topological polar surface area (TPSA) is 57.0 Å². The lowest BCUT2D eigenvalue weighted by atomic mass is 10.3. The van der Waals surface area contributed by atoms with Gasteiger partial charge in [0, 0.05) is 0 Å². The molecule has 2 aromatic heterocycles. The predicted molar refractivity (Wildman–Crippen MR) is 62.3 cm³/mol. The number of hydrogen-bond donors (Lipinski definition) is 0. The van der Waals surface area contributed by atoms with Gasteiger partial charge in [0.2, 0.25) is 5.95 Å². The Balaban J connectivity index is 2.39. The Kier molecular flexibility index (Phi) is 3.57. The highest BCUT2D eigenvalue weighted by atomic mass is 35.5. The smallest absolute Gasteiger partial charge is 0.344 e. The quantitative estimate of drug-likeness (QED) is 0.633. The zero-order chi connectivity index (χ0) is 13.1. The van der Waals surface area contributed by atoms with Crippen LogP contribution in [0.3, 0.4) is 0 Å². The third-order valence-electron chi connectivity index (χ3n) is 2.12. The minimum Gasteiger partial charge on any atom is -0.462 e. The number of aromatic nitrogens is 3. The van der Waals surface area contributed by atoms with Gasteiger partial charge in [-0.2, -0.15) is 14.2 Å². The van der Waals surface area contributed by atoms with E-state index in [1.165, 1.54) is 6.07 Å². The summed E-state index contributed by atoms with van der Waals surface area (Å²) in [5.74, 6) is -1.40. The van der Waals surface area contributed by atoms with E-state index in [0.717, 1.165) is 10.9 Å². The molecule has 0 aromatic carbocycles. The standard InChI is InChI=1S/C11H9ClFN3O2/c1-2-18-11(17)7-6-14-16(10(7)13)9-5-3-4-8(12)15-9/h3-6H,2H2,1H3. The van der Waals surface area contributed by atoms with Crippen molar-refractivity contribution in [3.05, 3.63) is 41.1 Å². The molecule has 0 spiro atoms. The van der Waals surface area contributed by atoms with Crippen LogP contribution in [0.4, 0.5) is 4.39 Å². The lowest BCUT2D eigenvalue weighted by molar-refractivity contribution is 0.0520. The van der Waals surface area contributed by atoms with Crippen molar-refractivity contribution < 1.29 is 13.9 Å². The molecule has 2 heterocycles. The average molecular weight is 270 g/mol. The first-order valence-electron chi connectivity index (χ1n) is 5.17. The van der Waals surface area contributed by atoms with E-state index in [1.807, 2.05) is 0 Å². The molecule has 0 N–H and O–H groups in total. The molecule has 0 fully saturated rings. The van der Waals surface area contributed by atoms with E-state index in [-0.39, 0.29) is 23.1 Å². The molecule has 0 aliphatic heterocycles. The first-order chi connectivity index (χ1) is 8.63. The van der Waals surface area contributed by atoms with Gasteiger partial charge in [0.15, 0.2) is 5.82 Å². The summed E-state index contributed by atoms with van der Waals surface area (Å²) >= 11 is 5.70. The molecule has 94 valence electrons. The van der Waals surface area contributed by atoms with Crippen molar-refractivity contribution in [2.24, 2.45) is 0 Å². The Morgan fingerprint density at radius 3 is 3.00 bits per heavy atom. The highest BCUT2D eigenvalue weighted by Crippen LogP contribution is 2.14. The summed E-state index contributed by atoms with van der Waals surface area (Å²) in [6, 6.07) is 4.69. The SMILES string of the molecule is CCOC(=O)c1cnn(-c2cccc(Cl)n2)c1F. The van der Waals surface area contributed by atoms with E-state index in [1.54, 1.807) is 19.1 Å². The molecule has 7 heteroatoms. The van der Waals surface area contributed by atoms with Crippen molar-refractivity contribution in [2.45, 2.75) is 6.92 Å². The third kappa shape index (κ3) is 2.33. The van der Waals surface area contributed by atoms with Crippen LogP contribution >= 0.6 is 11.6 Å². The van der Waals surface area contributed by atoms with Crippen LogP contribution in [0.15, 0.2) is 24.4 Å². The number of carbonyl (C=O) groups is 1. The second kappa shape index (κ2) is 5.14. The van der Waals surface area contributed by atoms with Crippen molar-refractivity contribution in [1.82, 2.24) is 14.8 Å². The van der Waals surface area contributed by atoms with Crippen LogP contribution in [0.5, 0.6) is 0 Å². The second-order valence-electron chi connectivity index (χ2n) is 3.30. The molecule has 2 aromatic rings. The van der Waals surface area contributed by atoms with Crippen molar-refractivity contribution in [1.29, 1.82) is 0 Å². The van der Waals surface area contributed by atoms with Crippen molar-refractivity contribution in [3.8, 4) is 5.82 Å². The van der Waals surface area contributed by atoms with Gasteiger partial charge in [-0.15, -0.1) is 0 Å². The van der Waals surface area contributed by atoms with Gasteiger partial charge >= 0.3 is 5.97 Å². The number of hydrogen-bond acceptors (Lipinski definition) is 4. The van der Waals surface area contributed by atoms with Gasteiger partial charge in [0.1, 0.15) is 10.7 Å². The molecular formula is C11H9ClFN3O2. The molecule has 18 heavy (non-hydrogen) atoms. The molecule has 0 radical (unpaired) electrons. The number of pyridine rings is 1. The average Bonchev–Trinajstić information content (AvgIpc) is 2.71. The first-order valence-corrected chi connectivity index (χ1v) is 5.55. The molecule has 0 atom stereocenters. The van der Waals surface area contributed by atoms with Crippen LogP contribution in [0, 0.1) is 5.95 Å². The lowest BCUT2D eigenvalue weighted by Gasteiger charge is -2.02. The van der Waals surface area contributed by atoms with Crippen LogP contribution in [-0.4, -0.2) is 27.3 Å². The normalized spacial score (nSPS) is 10.4. The van der Waals surface area contributed by atoms with Gasteiger partial charge in [0.05, 0.1) is 12.8 Å². The molecule has 2 rings (SSSR count). The minimum atomic E-state index is -0.830. The van der Waals surface area contributed by atoms with E-state index in [0.29, 0.717) is 0 Å². The van der Waals surface area contributed by atoms with Gasteiger partial charge in [0.25, 0.3) is 0 Å². The molecule has 0 bridgehead atoms. The molecule has 0 aliphatic rings. The molecule has 5 nitrogen and oxygen atoms in total. The lowest BCUT2D eigenvalue weighted by Crippen LogP contribution is -2.08. The Labute approximate surface area is 107 Å². The van der Waals surface area contributed by atoms with E-state index < -0.39 is 11.9 Å².